The van der Waals surface area contributed by atoms with E-state index in [4.69, 9.17) is 5.73 Å². The van der Waals surface area contributed by atoms with Gasteiger partial charge in [0.05, 0.1) is 11.7 Å². The second-order valence-corrected chi connectivity index (χ2v) is 6.18. The van der Waals surface area contributed by atoms with Gasteiger partial charge < -0.3 is 10.6 Å². The summed E-state index contributed by atoms with van der Waals surface area (Å²) in [6.45, 7) is 1.11. The van der Waals surface area contributed by atoms with Crippen molar-refractivity contribution < 1.29 is 0 Å². The third kappa shape index (κ3) is 2.68. The lowest BCUT2D eigenvalue weighted by Crippen LogP contribution is -2.33. The number of nitrogens with zero attached hydrogens (tertiary/aromatic N) is 1. The maximum Gasteiger partial charge on any atom is 0.0542 e. The Morgan fingerprint density at radius 1 is 1.00 bits per heavy atom. The van der Waals surface area contributed by atoms with Gasteiger partial charge in [0, 0.05) is 16.7 Å². The number of hydrogen-bond acceptors (Lipinski definition) is 2. The fraction of sp³-hybridized carbons (Fsp3) is 0.294. The third-order valence-electron chi connectivity index (χ3n) is 3.99. The van der Waals surface area contributed by atoms with Crippen molar-refractivity contribution in [3.05, 3.63) is 58.6 Å². The zero-order valence-corrected chi connectivity index (χ0v) is 13.0. The summed E-state index contributed by atoms with van der Waals surface area (Å²) >= 11 is 3.68. The standard InChI is InChI=1S/C17H19BrN2/c18-15-5-1-2-7-17(15)20-12-4-3-6-16(20)13-8-10-14(19)11-9-13/h1-2,5,7-11,16H,3-4,6,12,19H2. The molecule has 0 radical (unpaired) electrons. The molecule has 0 bridgehead atoms. The highest BCUT2D eigenvalue weighted by Crippen LogP contribution is 2.38. The number of benzene rings is 2. The van der Waals surface area contributed by atoms with Crippen LogP contribution in [0.1, 0.15) is 30.9 Å². The molecule has 0 aromatic heterocycles. The van der Waals surface area contributed by atoms with E-state index in [-0.39, 0.29) is 0 Å². The molecule has 2 N–H and O–H groups in total. The average Bonchev–Trinajstić information content (AvgIpc) is 2.49. The molecule has 1 fully saturated rings. The number of halogens is 1. The third-order valence-corrected chi connectivity index (χ3v) is 4.66. The molecular weight excluding hydrogens is 312 g/mol. The molecule has 3 rings (SSSR count). The van der Waals surface area contributed by atoms with E-state index in [0.29, 0.717) is 6.04 Å². The number of hydrogen-bond donors (Lipinski definition) is 1. The Kier molecular flexibility index (Phi) is 3.97. The van der Waals surface area contributed by atoms with E-state index in [2.05, 4.69) is 57.2 Å². The Hall–Kier alpha value is -1.48. The minimum atomic E-state index is 0.447. The quantitative estimate of drug-likeness (QED) is 0.804. The topological polar surface area (TPSA) is 29.3 Å². The van der Waals surface area contributed by atoms with E-state index in [1.807, 2.05) is 12.1 Å². The molecule has 2 nitrogen and oxygen atoms in total. The van der Waals surface area contributed by atoms with E-state index in [1.54, 1.807) is 0 Å². The Balaban J connectivity index is 1.95. The molecule has 0 aliphatic carbocycles. The molecule has 1 aliphatic heterocycles. The van der Waals surface area contributed by atoms with Crippen molar-refractivity contribution in [1.82, 2.24) is 0 Å². The number of rotatable bonds is 2. The molecule has 1 aliphatic rings. The summed E-state index contributed by atoms with van der Waals surface area (Å²) in [6.07, 6.45) is 3.74. The van der Waals surface area contributed by atoms with Gasteiger partial charge in [0.2, 0.25) is 0 Å². The zero-order valence-electron chi connectivity index (χ0n) is 11.4. The first-order valence-electron chi connectivity index (χ1n) is 7.12. The molecule has 3 heteroatoms. The number of nitrogen functional groups attached to an aromatic ring is 1. The van der Waals surface area contributed by atoms with Crippen molar-refractivity contribution >= 4 is 27.3 Å². The lowest BCUT2D eigenvalue weighted by Gasteiger charge is -2.38. The van der Waals surface area contributed by atoms with Crippen LogP contribution in [0, 0.1) is 0 Å². The van der Waals surface area contributed by atoms with Crippen molar-refractivity contribution in [2.45, 2.75) is 25.3 Å². The average molecular weight is 331 g/mol. The predicted molar refractivity (Wildman–Crippen MR) is 88.9 cm³/mol. The smallest absolute Gasteiger partial charge is 0.0542 e. The highest BCUT2D eigenvalue weighted by atomic mass is 79.9. The monoisotopic (exact) mass is 330 g/mol. The molecule has 1 atom stereocenters. The van der Waals surface area contributed by atoms with Crippen LogP contribution < -0.4 is 10.6 Å². The number of piperidine rings is 1. The van der Waals surface area contributed by atoms with Crippen LogP contribution in [-0.4, -0.2) is 6.54 Å². The second-order valence-electron chi connectivity index (χ2n) is 5.32. The van der Waals surface area contributed by atoms with Crippen LogP contribution in [0.2, 0.25) is 0 Å². The molecule has 1 unspecified atom stereocenters. The second kappa shape index (κ2) is 5.88. The molecule has 0 amide bonds. The zero-order chi connectivity index (χ0) is 13.9. The summed E-state index contributed by atoms with van der Waals surface area (Å²) in [4.78, 5) is 2.51. The van der Waals surface area contributed by atoms with Crippen LogP contribution in [0.5, 0.6) is 0 Å². The van der Waals surface area contributed by atoms with Gasteiger partial charge in [0.25, 0.3) is 0 Å². The van der Waals surface area contributed by atoms with E-state index >= 15 is 0 Å². The Morgan fingerprint density at radius 2 is 1.75 bits per heavy atom. The van der Waals surface area contributed by atoms with Gasteiger partial charge in [0.1, 0.15) is 0 Å². The van der Waals surface area contributed by atoms with Gasteiger partial charge in [-0.3, -0.25) is 0 Å². The fourth-order valence-electron chi connectivity index (χ4n) is 2.97. The molecule has 1 saturated heterocycles. The molecular formula is C17H19BrN2. The summed E-state index contributed by atoms with van der Waals surface area (Å²) in [7, 11) is 0. The van der Waals surface area contributed by atoms with Gasteiger partial charge >= 0.3 is 0 Å². The van der Waals surface area contributed by atoms with Gasteiger partial charge in [-0.2, -0.15) is 0 Å². The Labute approximate surface area is 128 Å². The Morgan fingerprint density at radius 3 is 2.50 bits per heavy atom. The van der Waals surface area contributed by atoms with Gasteiger partial charge in [-0.1, -0.05) is 24.3 Å². The van der Waals surface area contributed by atoms with Crippen LogP contribution in [0.3, 0.4) is 0 Å². The van der Waals surface area contributed by atoms with Gasteiger partial charge in [-0.25, -0.2) is 0 Å². The highest BCUT2D eigenvalue weighted by molar-refractivity contribution is 9.10. The maximum absolute atomic E-state index is 5.80. The van der Waals surface area contributed by atoms with Gasteiger partial charge in [-0.15, -0.1) is 0 Å². The summed E-state index contributed by atoms with van der Waals surface area (Å²) in [5.41, 5.74) is 9.28. The minimum Gasteiger partial charge on any atom is -0.399 e. The van der Waals surface area contributed by atoms with Crippen molar-refractivity contribution in [3.63, 3.8) is 0 Å². The van der Waals surface area contributed by atoms with Crippen LogP contribution in [0.4, 0.5) is 11.4 Å². The maximum atomic E-state index is 5.80. The van der Waals surface area contributed by atoms with E-state index in [0.717, 1.165) is 12.2 Å². The van der Waals surface area contributed by atoms with Gasteiger partial charge in [0.15, 0.2) is 0 Å². The lowest BCUT2D eigenvalue weighted by atomic mass is 9.94. The molecule has 104 valence electrons. The number of para-hydroxylation sites is 1. The molecule has 2 aromatic carbocycles. The highest BCUT2D eigenvalue weighted by Gasteiger charge is 2.25. The fourth-order valence-corrected chi connectivity index (χ4v) is 3.48. The molecule has 20 heavy (non-hydrogen) atoms. The summed E-state index contributed by atoms with van der Waals surface area (Å²) in [5.74, 6) is 0. The van der Waals surface area contributed by atoms with E-state index < -0.39 is 0 Å². The van der Waals surface area contributed by atoms with E-state index in [1.165, 1.54) is 35.0 Å². The molecule has 1 heterocycles. The number of nitrogens with two attached hydrogens (primary N) is 1. The minimum absolute atomic E-state index is 0.447. The first-order chi connectivity index (χ1) is 9.75. The predicted octanol–water partition coefficient (Wildman–Crippen LogP) is 4.76. The van der Waals surface area contributed by atoms with Crippen LogP contribution in [0.15, 0.2) is 53.0 Å². The van der Waals surface area contributed by atoms with E-state index in [9.17, 15) is 0 Å². The summed E-state index contributed by atoms with van der Waals surface area (Å²) < 4.78 is 1.17. The largest absolute Gasteiger partial charge is 0.399 e. The van der Waals surface area contributed by atoms with Crippen molar-refractivity contribution in [2.24, 2.45) is 0 Å². The lowest BCUT2D eigenvalue weighted by molar-refractivity contribution is 0.473. The first kappa shape index (κ1) is 13.5. The summed E-state index contributed by atoms with van der Waals surface area (Å²) in [6, 6.07) is 17.3. The van der Waals surface area contributed by atoms with Crippen LogP contribution in [0.25, 0.3) is 0 Å². The van der Waals surface area contributed by atoms with Crippen molar-refractivity contribution in [3.8, 4) is 0 Å². The molecule has 0 saturated carbocycles. The van der Waals surface area contributed by atoms with Crippen molar-refractivity contribution in [2.75, 3.05) is 17.2 Å². The van der Waals surface area contributed by atoms with Crippen LogP contribution in [-0.2, 0) is 0 Å². The molecule has 0 spiro atoms. The normalized spacial score (nSPS) is 19.1. The summed E-state index contributed by atoms with van der Waals surface area (Å²) in [5, 5.41) is 0. The van der Waals surface area contributed by atoms with Crippen molar-refractivity contribution in [1.29, 1.82) is 0 Å². The van der Waals surface area contributed by atoms with Gasteiger partial charge in [-0.05, 0) is 65.0 Å². The Bertz CT molecular complexity index is 580. The van der Waals surface area contributed by atoms with Crippen LogP contribution >= 0.6 is 15.9 Å². The number of anilines is 2. The molecule has 2 aromatic rings. The SMILES string of the molecule is Nc1ccc(C2CCCCN2c2ccccc2Br)cc1. The first-order valence-corrected chi connectivity index (χ1v) is 7.91.